The molecule has 1 unspecified atom stereocenters. The van der Waals surface area contributed by atoms with Gasteiger partial charge in [-0.2, -0.15) is 0 Å². The van der Waals surface area contributed by atoms with Gasteiger partial charge in [-0.3, -0.25) is 19.4 Å². The molecule has 3 rings (SSSR count). The van der Waals surface area contributed by atoms with E-state index in [0.29, 0.717) is 32.1 Å². The molecular formula is C38H64N2O5. The Morgan fingerprint density at radius 2 is 1.22 bits per heavy atom. The zero-order chi connectivity index (χ0) is 34.3. The van der Waals surface area contributed by atoms with E-state index in [0.717, 1.165) is 24.0 Å². The smallest absolute Gasteiger partial charge is 0.321 e. The number of hydrogen-bond donors (Lipinski definition) is 1. The van der Waals surface area contributed by atoms with Crippen LogP contribution in [0.25, 0.3) is 0 Å². The van der Waals surface area contributed by atoms with Crippen LogP contribution in [0.4, 0.5) is 0 Å². The zero-order valence-electron chi connectivity index (χ0n) is 31.0. The molecule has 1 atom stereocenters. The molecule has 2 heterocycles. The number of aromatic hydroxyl groups is 1. The van der Waals surface area contributed by atoms with Crippen molar-refractivity contribution in [3.8, 4) is 5.75 Å². The van der Waals surface area contributed by atoms with Crippen LogP contribution in [0.3, 0.4) is 0 Å². The summed E-state index contributed by atoms with van der Waals surface area (Å²) < 4.78 is 12.7. The second-order valence-electron chi connectivity index (χ2n) is 17.6. The highest BCUT2D eigenvalue weighted by Gasteiger charge is 2.49. The monoisotopic (exact) mass is 628 g/mol. The number of carbonyl (C=O) groups excluding carboxylic acids is 2. The third-order valence-electron chi connectivity index (χ3n) is 11.1. The van der Waals surface area contributed by atoms with Gasteiger partial charge < -0.3 is 14.6 Å². The first kappa shape index (κ1) is 37.3. The number of piperidine rings is 2. The van der Waals surface area contributed by atoms with Crippen molar-refractivity contribution in [3.63, 3.8) is 0 Å². The van der Waals surface area contributed by atoms with Gasteiger partial charge in [-0.25, -0.2) is 0 Å². The van der Waals surface area contributed by atoms with Gasteiger partial charge >= 0.3 is 11.9 Å². The summed E-state index contributed by atoms with van der Waals surface area (Å²) >= 11 is 0. The summed E-state index contributed by atoms with van der Waals surface area (Å²) in [6, 6.07) is 5.54. The molecule has 256 valence electrons. The van der Waals surface area contributed by atoms with Gasteiger partial charge in [0.15, 0.2) is 5.92 Å². The first-order chi connectivity index (χ1) is 20.4. The summed E-state index contributed by atoms with van der Waals surface area (Å²) in [4.78, 5) is 33.6. The minimum absolute atomic E-state index is 0.172. The Labute approximate surface area is 274 Å². The van der Waals surface area contributed by atoms with E-state index in [1.54, 1.807) is 6.07 Å². The molecule has 2 aliphatic heterocycles. The van der Waals surface area contributed by atoms with Crippen LogP contribution < -0.4 is 0 Å². The van der Waals surface area contributed by atoms with Gasteiger partial charge in [-0.1, -0.05) is 52.7 Å². The van der Waals surface area contributed by atoms with Crippen molar-refractivity contribution in [2.75, 3.05) is 14.1 Å². The van der Waals surface area contributed by atoms with Crippen LogP contribution in [-0.4, -0.2) is 75.3 Å². The molecule has 0 spiro atoms. The van der Waals surface area contributed by atoms with Crippen molar-refractivity contribution in [1.82, 2.24) is 9.80 Å². The highest BCUT2D eigenvalue weighted by Crippen LogP contribution is 2.43. The molecule has 0 amide bonds. The van der Waals surface area contributed by atoms with Crippen molar-refractivity contribution in [2.24, 2.45) is 5.92 Å². The van der Waals surface area contributed by atoms with Gasteiger partial charge in [0, 0.05) is 53.8 Å². The van der Waals surface area contributed by atoms with Crippen LogP contribution in [0.2, 0.25) is 0 Å². The molecular weight excluding hydrogens is 564 g/mol. The van der Waals surface area contributed by atoms with Crippen LogP contribution in [0, 0.1) is 5.92 Å². The van der Waals surface area contributed by atoms with Gasteiger partial charge in [-0.15, -0.1) is 0 Å². The second-order valence-corrected chi connectivity index (χ2v) is 17.6. The number of rotatable bonds is 9. The fourth-order valence-electron chi connectivity index (χ4n) is 7.96. The van der Waals surface area contributed by atoms with Crippen LogP contribution in [0.1, 0.15) is 145 Å². The minimum atomic E-state index is -1.11. The molecule has 2 fully saturated rings. The third-order valence-corrected chi connectivity index (χ3v) is 11.1. The molecule has 1 N–H and O–H groups in total. The van der Waals surface area contributed by atoms with Crippen molar-refractivity contribution < 1.29 is 24.2 Å². The molecule has 2 saturated heterocycles. The number of nitrogens with zero attached hydrogens (tertiary/aromatic N) is 2. The summed E-state index contributed by atoms with van der Waals surface area (Å²) in [6.45, 7) is 25.7. The quantitative estimate of drug-likeness (QED) is 0.219. The van der Waals surface area contributed by atoms with Crippen LogP contribution in [-0.2, 0) is 24.5 Å². The Bertz CT molecular complexity index is 1120. The van der Waals surface area contributed by atoms with E-state index in [4.69, 9.17) is 9.47 Å². The maximum Gasteiger partial charge on any atom is 0.321 e. The number of phenolic OH excluding ortho intramolecular Hbond substituents is 1. The lowest BCUT2D eigenvalue weighted by Crippen LogP contribution is -2.61. The molecule has 45 heavy (non-hydrogen) atoms. The highest BCUT2D eigenvalue weighted by molar-refractivity contribution is 5.96. The van der Waals surface area contributed by atoms with Crippen molar-refractivity contribution in [3.05, 3.63) is 29.3 Å². The van der Waals surface area contributed by atoms with Gasteiger partial charge in [0.25, 0.3) is 0 Å². The maximum atomic E-state index is 14.4. The predicted molar refractivity (Wildman–Crippen MR) is 183 cm³/mol. The van der Waals surface area contributed by atoms with E-state index in [-0.39, 0.29) is 45.5 Å². The first-order valence-electron chi connectivity index (χ1n) is 17.2. The van der Waals surface area contributed by atoms with E-state index in [1.807, 2.05) is 12.1 Å². The van der Waals surface area contributed by atoms with E-state index in [2.05, 4.69) is 107 Å². The average molecular weight is 629 g/mol. The van der Waals surface area contributed by atoms with Gasteiger partial charge in [-0.05, 0) is 98.5 Å². The van der Waals surface area contributed by atoms with Gasteiger partial charge in [0.1, 0.15) is 18.0 Å². The number of benzene rings is 1. The molecule has 7 nitrogen and oxygen atoms in total. The second kappa shape index (κ2) is 13.2. The Hall–Kier alpha value is -2.12. The fourth-order valence-corrected chi connectivity index (χ4v) is 7.96. The number of esters is 2. The lowest BCUT2D eigenvalue weighted by Gasteiger charge is -2.53. The van der Waals surface area contributed by atoms with Crippen molar-refractivity contribution in [1.29, 1.82) is 0 Å². The largest absolute Gasteiger partial charge is 0.508 e. The van der Waals surface area contributed by atoms with E-state index >= 15 is 0 Å². The van der Waals surface area contributed by atoms with Crippen molar-refractivity contribution in [2.45, 2.75) is 174 Å². The number of phenols is 1. The summed E-state index contributed by atoms with van der Waals surface area (Å²) in [5, 5.41) is 10.8. The highest BCUT2D eigenvalue weighted by atomic mass is 16.6. The normalized spacial score (nSPS) is 23.1. The Morgan fingerprint density at radius 3 is 1.58 bits per heavy atom. The topological polar surface area (TPSA) is 79.3 Å². The molecule has 1 aromatic rings. The van der Waals surface area contributed by atoms with Gasteiger partial charge in [0.2, 0.25) is 0 Å². The third kappa shape index (κ3) is 8.43. The molecule has 0 saturated carbocycles. The predicted octanol–water partition coefficient (Wildman–Crippen LogP) is 7.97. The summed E-state index contributed by atoms with van der Waals surface area (Å²) in [7, 11) is 4.25. The number of hydrogen-bond acceptors (Lipinski definition) is 7. The first-order valence-corrected chi connectivity index (χ1v) is 17.2. The Morgan fingerprint density at radius 1 is 0.822 bits per heavy atom. The Kier molecular flexibility index (Phi) is 10.9. The summed E-state index contributed by atoms with van der Waals surface area (Å²) in [6.07, 6.45) is 4.51. The molecule has 0 aromatic heterocycles. The average Bonchev–Trinajstić information content (AvgIpc) is 2.87. The molecule has 2 aliphatic rings. The molecule has 7 heteroatoms. The van der Waals surface area contributed by atoms with Crippen molar-refractivity contribution >= 4 is 11.9 Å². The van der Waals surface area contributed by atoms with E-state index in [9.17, 15) is 14.7 Å². The van der Waals surface area contributed by atoms with Crippen LogP contribution in [0.5, 0.6) is 5.75 Å². The maximum absolute atomic E-state index is 14.4. The SMILES string of the molecule is CCCCC(c1ccc(O)c(C(C)(C)C)c1)C(C(=O)OC1CC(C)(C)N(C)C(C)(C)C1)C(=O)OC1CC(C)(C)N(C)C(C)(C)C1. The molecule has 1 aromatic carbocycles. The lowest BCUT2D eigenvalue weighted by atomic mass is 9.77. The molecule has 0 aliphatic carbocycles. The standard InChI is InChI=1S/C38H64N2O5/c1-15-16-17-28(25-18-19-30(41)29(20-25)34(2,3)4)31(32(42)44-26-21-35(5,6)39(13)36(7,8)22-26)33(43)45-27-23-37(9,10)40(14)38(11,12)24-27/h18-20,26-28,31,41H,15-17,21-24H2,1-14H3. The van der Waals surface area contributed by atoms with Crippen LogP contribution in [0.15, 0.2) is 18.2 Å². The van der Waals surface area contributed by atoms with Gasteiger partial charge in [0.05, 0.1) is 0 Å². The number of ether oxygens (including phenoxy) is 2. The lowest BCUT2D eigenvalue weighted by molar-refractivity contribution is -0.178. The minimum Gasteiger partial charge on any atom is -0.508 e. The van der Waals surface area contributed by atoms with Crippen LogP contribution >= 0.6 is 0 Å². The Balaban J connectivity index is 2.06. The van der Waals surface area contributed by atoms with E-state index in [1.165, 1.54) is 0 Å². The number of carbonyl (C=O) groups is 2. The van der Waals surface area contributed by atoms with E-state index < -0.39 is 23.8 Å². The molecule has 0 radical (unpaired) electrons. The molecule has 0 bridgehead atoms. The number of likely N-dealkylation sites (tertiary alicyclic amines) is 2. The summed E-state index contributed by atoms with van der Waals surface area (Å²) in [5.74, 6) is -2.33. The number of unbranched alkanes of at least 4 members (excludes halogenated alkanes) is 1. The zero-order valence-corrected chi connectivity index (χ0v) is 31.0. The summed E-state index contributed by atoms with van der Waals surface area (Å²) in [5.41, 5.74) is 0.644. The fraction of sp³-hybridized carbons (Fsp3) is 0.789.